The van der Waals surface area contributed by atoms with Crippen molar-refractivity contribution in [3.8, 4) is 0 Å². The van der Waals surface area contributed by atoms with E-state index in [9.17, 15) is 9.59 Å². The van der Waals surface area contributed by atoms with Crippen LogP contribution >= 0.6 is 27.5 Å². The third kappa shape index (κ3) is 7.20. The predicted molar refractivity (Wildman–Crippen MR) is 101 cm³/mol. The minimum atomic E-state index is -0.633. The van der Waals surface area contributed by atoms with Crippen molar-refractivity contribution in [1.82, 2.24) is 4.98 Å². The first-order valence-corrected chi connectivity index (χ1v) is 9.33. The number of hydrogen-bond donors (Lipinski definition) is 0. The lowest BCUT2D eigenvalue weighted by molar-refractivity contribution is 0.0567. The molecule has 140 valence electrons. The smallest absolute Gasteiger partial charge is 0.416 e. The number of esters is 1. The van der Waals surface area contributed by atoms with Crippen LogP contribution in [0.15, 0.2) is 16.6 Å². The van der Waals surface area contributed by atoms with E-state index >= 15 is 0 Å². The molecule has 1 heterocycles. The monoisotopic (exact) mass is 434 g/mol. The number of unbranched alkanes of at least 4 members (excludes halogenated alkanes) is 2. The second-order valence-corrected chi connectivity index (χ2v) is 7.61. The summed E-state index contributed by atoms with van der Waals surface area (Å²) >= 11 is 8.97. The number of alkyl halides is 1. The molecule has 0 saturated heterocycles. The van der Waals surface area contributed by atoms with Gasteiger partial charge in [-0.25, -0.2) is 14.6 Å². The van der Waals surface area contributed by atoms with Gasteiger partial charge in [-0.15, -0.1) is 11.6 Å². The molecule has 0 aliphatic carbocycles. The molecule has 1 aromatic heterocycles. The molecule has 0 fully saturated rings. The van der Waals surface area contributed by atoms with Crippen molar-refractivity contribution in [2.75, 3.05) is 24.4 Å². The van der Waals surface area contributed by atoms with Crippen molar-refractivity contribution in [1.29, 1.82) is 0 Å². The highest BCUT2D eigenvalue weighted by Crippen LogP contribution is 2.23. The summed E-state index contributed by atoms with van der Waals surface area (Å²) in [6.07, 6.45) is 1.98. The van der Waals surface area contributed by atoms with Gasteiger partial charge in [-0.3, -0.25) is 4.90 Å². The van der Waals surface area contributed by atoms with E-state index in [0.29, 0.717) is 22.7 Å². The fourth-order valence-electron chi connectivity index (χ4n) is 1.98. The zero-order valence-corrected chi connectivity index (χ0v) is 17.3. The van der Waals surface area contributed by atoms with E-state index in [1.165, 1.54) is 12.0 Å². The fourth-order valence-corrected chi connectivity index (χ4v) is 2.55. The van der Waals surface area contributed by atoms with Gasteiger partial charge in [0.25, 0.3) is 0 Å². The van der Waals surface area contributed by atoms with Crippen molar-refractivity contribution in [3.05, 3.63) is 22.3 Å². The molecule has 0 spiro atoms. The first-order valence-electron chi connectivity index (χ1n) is 8.01. The summed E-state index contributed by atoms with van der Waals surface area (Å²) in [5, 5.41) is 0. The van der Waals surface area contributed by atoms with Crippen LogP contribution in [0.3, 0.4) is 0 Å². The molecule has 0 unspecified atom stereocenters. The molecule has 0 bridgehead atoms. The van der Waals surface area contributed by atoms with E-state index in [1.54, 1.807) is 32.9 Å². The molecule has 0 aliphatic heterocycles. The van der Waals surface area contributed by atoms with Crippen LogP contribution in [0.2, 0.25) is 0 Å². The highest BCUT2D eigenvalue weighted by Gasteiger charge is 2.25. The summed E-state index contributed by atoms with van der Waals surface area (Å²) in [5.74, 6) is 0.332. The molecule has 1 amide bonds. The molecule has 1 rings (SSSR count). The molecule has 0 atom stereocenters. The number of ether oxygens (including phenoxy) is 2. The lowest BCUT2D eigenvalue weighted by Crippen LogP contribution is -2.38. The third-order valence-electron chi connectivity index (χ3n) is 3.12. The lowest BCUT2D eigenvalue weighted by atomic mass is 10.2. The number of hydrogen-bond acceptors (Lipinski definition) is 5. The van der Waals surface area contributed by atoms with Gasteiger partial charge in [-0.05, 0) is 61.7 Å². The molecule has 0 N–H and O–H groups in total. The largest absolute Gasteiger partial charge is 0.464 e. The van der Waals surface area contributed by atoms with Crippen LogP contribution in [0.4, 0.5) is 10.6 Å². The second-order valence-electron chi connectivity index (χ2n) is 6.37. The summed E-state index contributed by atoms with van der Waals surface area (Å²) < 4.78 is 10.7. The maximum absolute atomic E-state index is 12.6. The molecule has 0 aliphatic rings. The van der Waals surface area contributed by atoms with Gasteiger partial charge < -0.3 is 9.47 Å². The molecular formula is C17H24BrClN2O4. The fraction of sp³-hybridized carbons (Fsp3) is 0.588. The van der Waals surface area contributed by atoms with Gasteiger partial charge in [0.05, 0.1) is 11.6 Å². The van der Waals surface area contributed by atoms with Gasteiger partial charge >= 0.3 is 12.1 Å². The zero-order valence-electron chi connectivity index (χ0n) is 15.0. The molecule has 1 aromatic rings. The molecule has 6 nitrogen and oxygen atoms in total. The van der Waals surface area contributed by atoms with Gasteiger partial charge in [0.15, 0.2) is 5.69 Å². The maximum Gasteiger partial charge on any atom is 0.416 e. The summed E-state index contributed by atoms with van der Waals surface area (Å²) in [6.45, 7) is 5.81. The standard InChI is InChI=1S/C17H24BrClN2O4/c1-17(2,3)25-16(23)21(11-7-5-6-10-19)13-9-8-12(18)14(20-13)15(22)24-4/h8-9H,5-7,10-11H2,1-4H3. The Labute approximate surface area is 162 Å². The van der Waals surface area contributed by atoms with Crippen LogP contribution < -0.4 is 4.90 Å². The molecule has 8 heteroatoms. The quantitative estimate of drug-likeness (QED) is 0.350. The number of halogens is 2. The van der Waals surface area contributed by atoms with Crippen molar-refractivity contribution in [2.24, 2.45) is 0 Å². The second kappa shape index (κ2) is 9.97. The Bertz CT molecular complexity index is 605. The SMILES string of the molecule is COC(=O)c1nc(N(CCCCCCl)C(=O)OC(C)(C)C)ccc1Br. The molecule has 25 heavy (non-hydrogen) atoms. The summed E-state index contributed by atoms with van der Waals surface area (Å²) in [5.41, 5.74) is -0.527. The highest BCUT2D eigenvalue weighted by atomic mass is 79.9. The first-order chi connectivity index (χ1) is 11.7. The van der Waals surface area contributed by atoms with Crippen molar-refractivity contribution >= 4 is 45.4 Å². The van der Waals surface area contributed by atoms with Crippen LogP contribution in [0.5, 0.6) is 0 Å². The number of pyridine rings is 1. The van der Waals surface area contributed by atoms with E-state index < -0.39 is 17.7 Å². The topological polar surface area (TPSA) is 68.7 Å². The Kier molecular flexibility index (Phi) is 8.65. The number of nitrogens with zero attached hydrogens (tertiary/aromatic N) is 2. The minimum Gasteiger partial charge on any atom is -0.464 e. The number of methoxy groups -OCH3 is 1. The van der Waals surface area contributed by atoms with Gasteiger partial charge in [-0.2, -0.15) is 0 Å². The Morgan fingerprint density at radius 1 is 1.24 bits per heavy atom. The van der Waals surface area contributed by atoms with Gasteiger partial charge in [0, 0.05) is 12.4 Å². The van der Waals surface area contributed by atoms with Gasteiger partial charge in [0.1, 0.15) is 11.4 Å². The van der Waals surface area contributed by atoms with Crippen molar-refractivity contribution in [3.63, 3.8) is 0 Å². The number of carbonyl (C=O) groups excluding carboxylic acids is 2. The molecule has 0 radical (unpaired) electrons. The zero-order chi connectivity index (χ0) is 19.0. The van der Waals surface area contributed by atoms with E-state index in [0.717, 1.165) is 19.3 Å². The van der Waals surface area contributed by atoms with Crippen LogP contribution in [0, 0.1) is 0 Å². The normalized spacial score (nSPS) is 11.1. The van der Waals surface area contributed by atoms with E-state index in [-0.39, 0.29) is 5.69 Å². The van der Waals surface area contributed by atoms with Crippen LogP contribution in [0.1, 0.15) is 50.5 Å². The van der Waals surface area contributed by atoms with Crippen LogP contribution in [-0.2, 0) is 9.47 Å². The van der Waals surface area contributed by atoms with Crippen LogP contribution in [-0.4, -0.2) is 42.2 Å². The number of rotatable bonds is 7. The van der Waals surface area contributed by atoms with Gasteiger partial charge in [0.2, 0.25) is 0 Å². The molecule has 0 saturated carbocycles. The number of anilines is 1. The Hall–Kier alpha value is -1.34. The Morgan fingerprint density at radius 2 is 1.92 bits per heavy atom. The summed E-state index contributed by atoms with van der Waals surface area (Å²) in [7, 11) is 1.28. The number of aromatic nitrogens is 1. The average molecular weight is 436 g/mol. The van der Waals surface area contributed by atoms with E-state index in [4.69, 9.17) is 21.1 Å². The predicted octanol–water partition coefficient (Wildman–Crippen LogP) is 4.78. The highest BCUT2D eigenvalue weighted by molar-refractivity contribution is 9.10. The first kappa shape index (κ1) is 21.7. The lowest BCUT2D eigenvalue weighted by Gasteiger charge is -2.27. The number of carbonyl (C=O) groups is 2. The third-order valence-corrected chi connectivity index (χ3v) is 4.02. The van der Waals surface area contributed by atoms with Gasteiger partial charge in [-0.1, -0.05) is 6.42 Å². The molecular weight excluding hydrogens is 412 g/mol. The van der Waals surface area contributed by atoms with Crippen molar-refractivity contribution < 1.29 is 19.1 Å². The van der Waals surface area contributed by atoms with E-state index in [2.05, 4.69) is 20.9 Å². The average Bonchev–Trinajstić information content (AvgIpc) is 2.53. The summed E-state index contributed by atoms with van der Waals surface area (Å²) in [6, 6.07) is 3.31. The number of amides is 1. The Morgan fingerprint density at radius 3 is 2.48 bits per heavy atom. The molecule has 0 aromatic carbocycles. The van der Waals surface area contributed by atoms with Crippen molar-refractivity contribution in [2.45, 2.75) is 45.6 Å². The van der Waals surface area contributed by atoms with E-state index in [1.807, 2.05) is 0 Å². The maximum atomic E-state index is 12.6. The summed E-state index contributed by atoms with van der Waals surface area (Å²) in [4.78, 5) is 30.1. The van der Waals surface area contributed by atoms with Crippen LogP contribution in [0.25, 0.3) is 0 Å². The Balaban J connectivity index is 3.09. The minimum absolute atomic E-state index is 0.106.